The maximum absolute atomic E-state index is 13.9. The standard InChI is InChI=1S/C17H22F2N2O.ClH/c18-14-5-6-16(19)13(9-14)11-21(15-3-1-2-4-15)17(22)12-7-8-20-10-12;/h5-6,9,12,15,20H,1-4,7-8,10-11H2;1H. The summed E-state index contributed by atoms with van der Waals surface area (Å²) in [6, 6.07) is 3.62. The molecule has 1 saturated heterocycles. The Morgan fingerprint density at radius 2 is 1.96 bits per heavy atom. The van der Waals surface area contributed by atoms with Crippen LogP contribution in [0.1, 0.15) is 37.7 Å². The molecule has 1 saturated carbocycles. The normalized spacial score (nSPS) is 21.2. The second kappa shape index (κ2) is 8.06. The fourth-order valence-corrected chi connectivity index (χ4v) is 3.55. The summed E-state index contributed by atoms with van der Waals surface area (Å²) in [5, 5.41) is 3.20. The molecule has 3 nitrogen and oxygen atoms in total. The molecule has 1 aliphatic heterocycles. The second-order valence-electron chi connectivity index (χ2n) is 6.33. The first kappa shape index (κ1) is 18.1. The number of hydrogen-bond acceptors (Lipinski definition) is 2. The highest BCUT2D eigenvalue weighted by Gasteiger charge is 2.33. The molecule has 1 amide bonds. The summed E-state index contributed by atoms with van der Waals surface area (Å²) >= 11 is 0. The van der Waals surface area contributed by atoms with Gasteiger partial charge in [0, 0.05) is 24.7 Å². The van der Waals surface area contributed by atoms with Gasteiger partial charge in [-0.25, -0.2) is 8.78 Å². The van der Waals surface area contributed by atoms with E-state index >= 15 is 0 Å². The van der Waals surface area contributed by atoms with Crippen molar-refractivity contribution in [3.8, 4) is 0 Å². The number of amides is 1. The molecule has 0 spiro atoms. The van der Waals surface area contributed by atoms with Crippen LogP contribution in [0, 0.1) is 17.6 Å². The van der Waals surface area contributed by atoms with Gasteiger partial charge in [-0.2, -0.15) is 0 Å². The molecule has 1 aromatic rings. The number of hydrogen-bond donors (Lipinski definition) is 1. The van der Waals surface area contributed by atoms with Gasteiger partial charge in [-0.15, -0.1) is 12.4 Å². The lowest BCUT2D eigenvalue weighted by molar-refractivity contribution is -0.138. The average Bonchev–Trinajstić information content (AvgIpc) is 3.20. The van der Waals surface area contributed by atoms with Crippen LogP contribution in [0.4, 0.5) is 8.78 Å². The monoisotopic (exact) mass is 344 g/mol. The highest BCUT2D eigenvalue weighted by Crippen LogP contribution is 2.28. The fourth-order valence-electron chi connectivity index (χ4n) is 3.55. The summed E-state index contributed by atoms with van der Waals surface area (Å²) in [4.78, 5) is 14.6. The van der Waals surface area contributed by atoms with E-state index in [2.05, 4.69) is 5.32 Å². The van der Waals surface area contributed by atoms with E-state index in [0.717, 1.165) is 50.8 Å². The zero-order valence-electron chi connectivity index (χ0n) is 13.1. The van der Waals surface area contributed by atoms with E-state index < -0.39 is 11.6 Å². The third kappa shape index (κ3) is 4.21. The Kier molecular flexibility index (Phi) is 6.36. The number of carbonyl (C=O) groups excluding carboxylic acids is 1. The number of carbonyl (C=O) groups is 1. The molecule has 2 fully saturated rings. The Morgan fingerprint density at radius 3 is 2.61 bits per heavy atom. The lowest BCUT2D eigenvalue weighted by atomic mass is 10.0. The minimum atomic E-state index is -0.460. The van der Waals surface area contributed by atoms with Crippen LogP contribution in [0.15, 0.2) is 18.2 Å². The van der Waals surface area contributed by atoms with Gasteiger partial charge in [0.25, 0.3) is 0 Å². The molecule has 23 heavy (non-hydrogen) atoms. The molecular formula is C17H23ClF2N2O. The van der Waals surface area contributed by atoms with E-state index in [9.17, 15) is 13.6 Å². The molecule has 1 aliphatic carbocycles. The first-order chi connectivity index (χ1) is 10.6. The maximum Gasteiger partial charge on any atom is 0.227 e. The van der Waals surface area contributed by atoms with Crippen molar-refractivity contribution in [2.75, 3.05) is 13.1 Å². The van der Waals surface area contributed by atoms with Crippen molar-refractivity contribution in [1.82, 2.24) is 10.2 Å². The van der Waals surface area contributed by atoms with E-state index in [0.29, 0.717) is 6.54 Å². The lowest BCUT2D eigenvalue weighted by Gasteiger charge is -2.31. The van der Waals surface area contributed by atoms with E-state index in [1.165, 1.54) is 6.07 Å². The Morgan fingerprint density at radius 1 is 1.22 bits per heavy atom. The first-order valence-electron chi connectivity index (χ1n) is 8.10. The highest BCUT2D eigenvalue weighted by atomic mass is 35.5. The van der Waals surface area contributed by atoms with Crippen molar-refractivity contribution in [2.45, 2.75) is 44.7 Å². The van der Waals surface area contributed by atoms with Crippen LogP contribution < -0.4 is 5.32 Å². The van der Waals surface area contributed by atoms with Crippen LogP contribution in [0.25, 0.3) is 0 Å². The topological polar surface area (TPSA) is 32.3 Å². The van der Waals surface area contributed by atoms with Crippen LogP contribution in [-0.4, -0.2) is 29.9 Å². The minimum Gasteiger partial charge on any atom is -0.335 e. The van der Waals surface area contributed by atoms with E-state index in [1.54, 1.807) is 4.90 Å². The molecule has 0 bridgehead atoms. The van der Waals surface area contributed by atoms with Crippen LogP contribution >= 0.6 is 12.4 Å². The Balaban J connectivity index is 0.00000192. The summed E-state index contributed by atoms with van der Waals surface area (Å²) in [6.07, 6.45) is 4.95. The van der Waals surface area contributed by atoms with Gasteiger partial charge in [-0.1, -0.05) is 12.8 Å². The molecule has 1 aromatic carbocycles. The molecule has 128 valence electrons. The molecule has 2 aliphatic rings. The molecule has 1 atom stereocenters. The minimum absolute atomic E-state index is 0. The van der Waals surface area contributed by atoms with E-state index in [1.807, 2.05) is 0 Å². The summed E-state index contributed by atoms with van der Waals surface area (Å²) in [5.74, 6) is -0.850. The number of halogens is 3. The number of benzene rings is 1. The Hall–Kier alpha value is -1.20. The van der Waals surface area contributed by atoms with Crippen LogP contribution in [-0.2, 0) is 11.3 Å². The third-order valence-corrected chi connectivity index (χ3v) is 4.81. The first-order valence-corrected chi connectivity index (χ1v) is 8.10. The zero-order valence-corrected chi connectivity index (χ0v) is 13.9. The molecule has 6 heteroatoms. The lowest BCUT2D eigenvalue weighted by Crippen LogP contribution is -2.42. The van der Waals surface area contributed by atoms with Crippen molar-refractivity contribution in [3.63, 3.8) is 0 Å². The van der Waals surface area contributed by atoms with Crippen molar-refractivity contribution in [1.29, 1.82) is 0 Å². The molecule has 3 rings (SSSR count). The molecule has 0 radical (unpaired) electrons. The zero-order chi connectivity index (χ0) is 15.5. The van der Waals surface area contributed by atoms with Gasteiger partial charge < -0.3 is 10.2 Å². The van der Waals surface area contributed by atoms with Gasteiger partial charge in [0.1, 0.15) is 11.6 Å². The fraction of sp³-hybridized carbons (Fsp3) is 0.588. The molecule has 1 heterocycles. The SMILES string of the molecule is Cl.O=C(C1CCNC1)N(Cc1cc(F)ccc1F)C1CCCC1. The second-order valence-corrected chi connectivity index (χ2v) is 6.33. The number of rotatable bonds is 4. The van der Waals surface area contributed by atoms with Gasteiger partial charge in [0.15, 0.2) is 0 Å². The van der Waals surface area contributed by atoms with Gasteiger partial charge >= 0.3 is 0 Å². The van der Waals surface area contributed by atoms with Crippen LogP contribution in [0.5, 0.6) is 0 Å². The highest BCUT2D eigenvalue weighted by molar-refractivity contribution is 5.85. The summed E-state index contributed by atoms with van der Waals surface area (Å²) in [6.45, 7) is 1.71. The maximum atomic E-state index is 13.9. The van der Waals surface area contributed by atoms with Gasteiger partial charge in [0.05, 0.1) is 5.92 Å². The third-order valence-electron chi connectivity index (χ3n) is 4.81. The largest absolute Gasteiger partial charge is 0.335 e. The van der Waals surface area contributed by atoms with Crippen molar-refractivity contribution in [2.24, 2.45) is 5.92 Å². The van der Waals surface area contributed by atoms with Gasteiger partial charge in [0.2, 0.25) is 5.91 Å². The molecular weight excluding hydrogens is 322 g/mol. The summed E-state index contributed by atoms with van der Waals surface area (Å²) in [7, 11) is 0. The predicted molar refractivity (Wildman–Crippen MR) is 87.4 cm³/mol. The van der Waals surface area contributed by atoms with Gasteiger partial charge in [-0.05, 0) is 44.0 Å². The molecule has 0 aromatic heterocycles. The number of nitrogens with zero attached hydrogens (tertiary/aromatic N) is 1. The van der Waals surface area contributed by atoms with Crippen molar-refractivity contribution in [3.05, 3.63) is 35.4 Å². The van der Waals surface area contributed by atoms with Crippen molar-refractivity contribution >= 4 is 18.3 Å². The van der Waals surface area contributed by atoms with Crippen molar-refractivity contribution < 1.29 is 13.6 Å². The Bertz CT molecular complexity index is 543. The molecule has 1 unspecified atom stereocenters. The Labute approximate surface area is 141 Å². The predicted octanol–water partition coefficient (Wildman–Crippen LogP) is 3.27. The van der Waals surface area contributed by atoms with Gasteiger partial charge in [-0.3, -0.25) is 4.79 Å². The quantitative estimate of drug-likeness (QED) is 0.909. The average molecular weight is 345 g/mol. The molecule has 1 N–H and O–H groups in total. The van der Waals surface area contributed by atoms with Crippen LogP contribution in [0.2, 0.25) is 0 Å². The van der Waals surface area contributed by atoms with Crippen LogP contribution in [0.3, 0.4) is 0 Å². The van der Waals surface area contributed by atoms with E-state index in [4.69, 9.17) is 0 Å². The summed E-state index contributed by atoms with van der Waals surface area (Å²) < 4.78 is 27.3. The van der Waals surface area contributed by atoms with E-state index in [-0.39, 0.29) is 42.4 Å². The smallest absolute Gasteiger partial charge is 0.227 e. The summed E-state index contributed by atoms with van der Waals surface area (Å²) in [5.41, 5.74) is 0.270. The number of nitrogens with one attached hydrogen (secondary N) is 1.